The number of hydrogen-bond donors (Lipinski definition) is 2. The Bertz CT molecular complexity index is 454. The monoisotopic (exact) mass is 292 g/mol. The summed E-state index contributed by atoms with van der Waals surface area (Å²) in [4.78, 5) is 3.09. The van der Waals surface area contributed by atoms with E-state index in [-0.39, 0.29) is 0 Å². The number of aliphatic hydroxyl groups is 1. The molecule has 0 aliphatic rings. The van der Waals surface area contributed by atoms with Gasteiger partial charge in [-0.3, -0.25) is 4.90 Å². The quantitative estimate of drug-likeness (QED) is 0.591. The largest absolute Gasteiger partial charge is 0.346 e. The molecule has 0 aliphatic heterocycles. The van der Waals surface area contributed by atoms with Crippen LogP contribution in [0.2, 0.25) is 0 Å². The first kappa shape index (κ1) is 16.9. The lowest BCUT2D eigenvalue weighted by Gasteiger charge is -2.21. The molecule has 110 valence electrons. The summed E-state index contributed by atoms with van der Waals surface area (Å²) in [5.41, 5.74) is 0.650. The third-order valence-corrected chi connectivity index (χ3v) is 4.11. The highest BCUT2D eigenvalue weighted by atomic mass is 32.1. The van der Waals surface area contributed by atoms with Crippen LogP contribution in [0.15, 0.2) is 29.2 Å². The zero-order valence-electron chi connectivity index (χ0n) is 12.3. The SMILES string of the molecule is CCCCN(CCCC)C(O)=[SH]c1ccc(C#N)cc1. The zero-order chi connectivity index (χ0) is 14.8. The molecule has 0 fully saturated rings. The first-order chi connectivity index (χ1) is 9.71. The molecule has 0 unspecified atom stereocenters. The minimum absolute atomic E-state index is 0.414. The van der Waals surface area contributed by atoms with Gasteiger partial charge in [0.05, 0.1) is 11.6 Å². The van der Waals surface area contributed by atoms with Gasteiger partial charge in [-0.15, -0.1) is 11.4 Å². The molecule has 0 saturated heterocycles. The number of nitriles is 1. The van der Waals surface area contributed by atoms with Crippen molar-refractivity contribution in [1.29, 1.82) is 5.26 Å². The molecule has 0 aliphatic carbocycles. The molecule has 4 heteroatoms. The van der Waals surface area contributed by atoms with E-state index in [1.54, 1.807) is 12.1 Å². The summed E-state index contributed by atoms with van der Waals surface area (Å²) in [5.74, 6) is 0. The molecule has 1 N–H and O–H groups in total. The Morgan fingerprint density at radius 3 is 2.15 bits per heavy atom. The van der Waals surface area contributed by atoms with Crippen LogP contribution in [0.4, 0.5) is 0 Å². The zero-order valence-corrected chi connectivity index (χ0v) is 13.2. The Labute approximate surface area is 125 Å². The predicted molar refractivity (Wildman–Crippen MR) is 87.4 cm³/mol. The molecule has 0 radical (unpaired) electrons. The van der Waals surface area contributed by atoms with Crippen LogP contribution in [-0.2, 0) is 0 Å². The highest BCUT2D eigenvalue weighted by Gasteiger charge is 2.07. The Kier molecular flexibility index (Phi) is 8.20. The average molecular weight is 292 g/mol. The highest BCUT2D eigenvalue weighted by molar-refractivity contribution is 7.98. The lowest BCUT2D eigenvalue weighted by Crippen LogP contribution is -2.31. The first-order valence-electron chi connectivity index (χ1n) is 7.24. The molecule has 1 aromatic carbocycles. The molecule has 1 rings (SSSR count). The number of hydrogen-bond acceptors (Lipinski definition) is 1. The molecule has 20 heavy (non-hydrogen) atoms. The lowest BCUT2D eigenvalue weighted by atomic mass is 10.2. The molecule has 0 atom stereocenters. The van der Waals surface area contributed by atoms with Crippen LogP contribution in [-0.4, -0.2) is 28.3 Å². The molecule has 0 bridgehead atoms. The van der Waals surface area contributed by atoms with Crippen LogP contribution < -0.4 is 0 Å². The van der Waals surface area contributed by atoms with Gasteiger partial charge in [-0.25, -0.2) is 0 Å². The second-order valence-corrected chi connectivity index (χ2v) is 5.90. The molecule has 0 heterocycles. The van der Waals surface area contributed by atoms with Gasteiger partial charge in [-0.05, 0) is 37.1 Å². The first-order valence-corrected chi connectivity index (χ1v) is 8.13. The number of thiol groups is 1. The van der Waals surface area contributed by atoms with Crippen LogP contribution in [0.5, 0.6) is 0 Å². The molecular weight excluding hydrogens is 268 g/mol. The predicted octanol–water partition coefficient (Wildman–Crippen LogP) is 3.93. The fraction of sp³-hybridized carbons (Fsp3) is 0.500. The normalized spacial score (nSPS) is 12.1. The summed E-state index contributed by atoms with van der Waals surface area (Å²) in [6.07, 6.45) is 4.45. The van der Waals surface area contributed by atoms with E-state index in [1.165, 1.54) is 0 Å². The maximum Gasteiger partial charge on any atom is 0.147 e. The molecular formula is C16H24N2OS. The van der Waals surface area contributed by atoms with Crippen molar-refractivity contribution in [2.24, 2.45) is 0 Å². The van der Waals surface area contributed by atoms with Gasteiger partial charge in [0.25, 0.3) is 0 Å². The summed E-state index contributed by atoms with van der Waals surface area (Å²) in [6, 6.07) is 9.48. The van der Waals surface area contributed by atoms with Crippen molar-refractivity contribution in [1.82, 2.24) is 4.90 Å². The van der Waals surface area contributed by atoms with E-state index in [0.717, 1.165) is 55.0 Å². The summed E-state index contributed by atoms with van der Waals surface area (Å²) >= 11 is 0.814. The fourth-order valence-corrected chi connectivity index (χ4v) is 2.68. The number of rotatable bonds is 7. The van der Waals surface area contributed by atoms with Crippen LogP contribution in [0, 0.1) is 11.3 Å². The van der Waals surface area contributed by atoms with E-state index in [4.69, 9.17) is 5.26 Å². The summed E-state index contributed by atoms with van der Waals surface area (Å²) in [6.45, 7) is 6.14. The third-order valence-electron chi connectivity index (χ3n) is 3.07. The number of aliphatic hydroxyl groups excluding tert-OH is 1. The van der Waals surface area contributed by atoms with E-state index in [9.17, 15) is 5.11 Å². The molecule has 0 spiro atoms. The van der Waals surface area contributed by atoms with Crippen LogP contribution in [0.3, 0.4) is 0 Å². The van der Waals surface area contributed by atoms with Gasteiger partial charge in [-0.1, -0.05) is 26.7 Å². The van der Waals surface area contributed by atoms with E-state index in [2.05, 4.69) is 24.8 Å². The van der Waals surface area contributed by atoms with Gasteiger partial charge < -0.3 is 5.11 Å². The van der Waals surface area contributed by atoms with Crippen molar-refractivity contribution < 1.29 is 5.11 Å². The van der Waals surface area contributed by atoms with Gasteiger partial charge >= 0.3 is 0 Å². The molecule has 1 aromatic rings. The Hall–Kier alpha value is -1.15. The third kappa shape index (κ3) is 5.87. The van der Waals surface area contributed by atoms with E-state index >= 15 is 0 Å². The molecule has 3 nitrogen and oxygen atoms in total. The standard InChI is InChI=1S/C16H24N2OS/c1-3-5-11-18(12-6-4-2)16(19)20-15-9-7-14(13-17)8-10-15/h7-10,19-20H,3-6,11-12H2,1-2H3. The van der Waals surface area contributed by atoms with Gasteiger partial charge in [-0.2, -0.15) is 5.26 Å². The molecule has 0 amide bonds. The van der Waals surface area contributed by atoms with Crippen molar-refractivity contribution >= 4 is 16.5 Å². The van der Waals surface area contributed by atoms with Gasteiger partial charge in [0, 0.05) is 18.0 Å². The smallest absolute Gasteiger partial charge is 0.147 e. The van der Waals surface area contributed by atoms with Gasteiger partial charge in [0.1, 0.15) is 5.17 Å². The summed E-state index contributed by atoms with van der Waals surface area (Å²) in [7, 11) is 0. The summed E-state index contributed by atoms with van der Waals surface area (Å²) < 4.78 is 0. The highest BCUT2D eigenvalue weighted by Crippen LogP contribution is 2.14. The molecule has 0 aromatic heterocycles. The van der Waals surface area contributed by atoms with Crippen molar-refractivity contribution in [2.45, 2.75) is 44.4 Å². The van der Waals surface area contributed by atoms with Crippen molar-refractivity contribution in [3.8, 4) is 6.07 Å². The maximum absolute atomic E-state index is 10.3. The van der Waals surface area contributed by atoms with E-state index < -0.39 is 0 Å². The van der Waals surface area contributed by atoms with Crippen LogP contribution >= 0.6 is 11.4 Å². The topological polar surface area (TPSA) is 47.3 Å². The second-order valence-electron chi connectivity index (χ2n) is 4.76. The van der Waals surface area contributed by atoms with Gasteiger partial charge in [0.15, 0.2) is 0 Å². The number of unbranched alkanes of at least 4 members (excludes halogenated alkanes) is 2. The van der Waals surface area contributed by atoms with Crippen molar-refractivity contribution in [3.63, 3.8) is 0 Å². The van der Waals surface area contributed by atoms with E-state index in [1.807, 2.05) is 12.1 Å². The maximum atomic E-state index is 10.3. The second kappa shape index (κ2) is 9.71. The van der Waals surface area contributed by atoms with Crippen LogP contribution in [0.25, 0.3) is 0 Å². The minimum atomic E-state index is 0.414. The Morgan fingerprint density at radius 1 is 1.15 bits per heavy atom. The lowest BCUT2D eigenvalue weighted by molar-refractivity contribution is 0.333. The van der Waals surface area contributed by atoms with Crippen molar-refractivity contribution in [2.75, 3.05) is 13.1 Å². The summed E-state index contributed by atoms with van der Waals surface area (Å²) in [5, 5.41) is 19.5. The number of nitrogens with zero attached hydrogens (tertiary/aromatic N) is 2. The number of benzene rings is 1. The molecule has 0 saturated carbocycles. The average Bonchev–Trinajstić information content (AvgIpc) is 2.48. The van der Waals surface area contributed by atoms with E-state index in [0.29, 0.717) is 10.7 Å². The van der Waals surface area contributed by atoms with Crippen molar-refractivity contribution in [3.05, 3.63) is 29.8 Å². The van der Waals surface area contributed by atoms with Crippen LogP contribution in [0.1, 0.15) is 45.1 Å². The van der Waals surface area contributed by atoms with Gasteiger partial charge in [0.2, 0.25) is 0 Å². The minimum Gasteiger partial charge on any atom is -0.346 e. The Balaban J connectivity index is 2.76. The fourth-order valence-electron chi connectivity index (χ4n) is 1.81. The Morgan fingerprint density at radius 2 is 1.70 bits per heavy atom.